The molecule has 122 valence electrons. The van der Waals surface area contributed by atoms with Crippen molar-refractivity contribution in [3.63, 3.8) is 0 Å². The van der Waals surface area contributed by atoms with Gasteiger partial charge in [0.25, 0.3) is 0 Å². The van der Waals surface area contributed by atoms with E-state index < -0.39 is 0 Å². The van der Waals surface area contributed by atoms with E-state index in [0.29, 0.717) is 0 Å². The molecule has 1 aliphatic rings. The Balaban J connectivity index is -0.0000000477. The lowest BCUT2D eigenvalue weighted by Crippen LogP contribution is -1.71. The van der Waals surface area contributed by atoms with E-state index >= 15 is 0 Å². The molecular weight excluding hydrogens is 240 g/mol. The summed E-state index contributed by atoms with van der Waals surface area (Å²) in [7, 11) is 0. The second-order valence-electron chi connectivity index (χ2n) is 3.87. The van der Waals surface area contributed by atoms with E-state index in [0.717, 1.165) is 0 Å². The van der Waals surface area contributed by atoms with Crippen molar-refractivity contribution < 1.29 is 0 Å². The molecule has 0 atom stereocenters. The zero-order valence-corrected chi connectivity index (χ0v) is 15.5. The summed E-state index contributed by atoms with van der Waals surface area (Å²) >= 11 is 0. The maximum atomic E-state index is 4.00. The largest absolute Gasteiger partial charge is 0.124 e. The van der Waals surface area contributed by atoms with Crippen molar-refractivity contribution in [2.24, 2.45) is 0 Å². The molecule has 0 bridgehead atoms. The lowest BCUT2D eigenvalue weighted by molar-refractivity contribution is 0.702. The smallest absolute Gasteiger partial charge is 0.0316 e. The highest BCUT2D eigenvalue weighted by atomic mass is 13.9. The van der Waals surface area contributed by atoms with Crippen LogP contribution < -0.4 is 0 Å². The second-order valence-corrected chi connectivity index (χ2v) is 3.87. The molecule has 20 heavy (non-hydrogen) atoms. The van der Waals surface area contributed by atoms with Gasteiger partial charge in [-0.3, -0.25) is 0 Å². The molecular formula is C20H42. The molecule has 0 N–H and O–H groups in total. The fourth-order valence-electron chi connectivity index (χ4n) is 0.667. The van der Waals surface area contributed by atoms with E-state index in [1.807, 2.05) is 20.8 Å². The minimum Gasteiger partial charge on any atom is -0.124 e. The van der Waals surface area contributed by atoms with Crippen LogP contribution in [0, 0.1) is 12.8 Å². The summed E-state index contributed by atoms with van der Waals surface area (Å²) in [4.78, 5) is 0. The lowest BCUT2D eigenvalue weighted by Gasteiger charge is -1.92. The molecule has 1 rings (SSSR count). The molecule has 0 saturated heterocycles. The van der Waals surface area contributed by atoms with E-state index in [2.05, 4.69) is 59.3 Å². The highest BCUT2D eigenvalue weighted by molar-refractivity contribution is 4.92. The van der Waals surface area contributed by atoms with Gasteiger partial charge in [-0.25, -0.2) is 0 Å². The van der Waals surface area contributed by atoms with Gasteiger partial charge in [-0.05, 0) is 19.8 Å². The quantitative estimate of drug-likeness (QED) is 0.281. The monoisotopic (exact) mass is 282 g/mol. The average Bonchev–Trinajstić information content (AvgIpc) is 2.41. The number of hydrogen-bond acceptors (Lipinski definition) is 0. The molecule has 0 radical (unpaired) electrons. The maximum Gasteiger partial charge on any atom is -0.0316 e. The van der Waals surface area contributed by atoms with Crippen molar-refractivity contribution in [2.75, 3.05) is 0 Å². The molecule has 0 heterocycles. The highest BCUT2D eigenvalue weighted by Gasteiger charge is 1.81. The average molecular weight is 283 g/mol. The molecule has 0 amide bonds. The fourth-order valence-corrected chi connectivity index (χ4v) is 0.667. The minimum atomic E-state index is 1.25. The van der Waals surface area contributed by atoms with Crippen LogP contribution in [-0.2, 0) is 0 Å². The molecule has 0 aliphatic heterocycles. The summed E-state index contributed by atoms with van der Waals surface area (Å²) in [5.74, 6) is 0. The molecule has 0 unspecified atom stereocenters. The predicted octanol–water partition coefficient (Wildman–Crippen LogP) is 7.81. The molecule has 0 nitrogen and oxygen atoms in total. The Hall–Kier alpha value is -0.960. The van der Waals surface area contributed by atoms with Crippen LogP contribution in [0.25, 0.3) is 0 Å². The second kappa shape index (κ2) is 64.1. The van der Waals surface area contributed by atoms with Gasteiger partial charge in [0.05, 0.1) is 0 Å². The third kappa shape index (κ3) is 120. The van der Waals surface area contributed by atoms with Crippen LogP contribution in [0.3, 0.4) is 0 Å². The lowest BCUT2D eigenvalue weighted by atomic mass is 10.1. The molecule has 0 aromatic carbocycles. The normalized spacial score (nSPS) is 8.65. The maximum absolute atomic E-state index is 4.00. The first kappa shape index (κ1) is 31.4. The van der Waals surface area contributed by atoms with E-state index in [1.165, 1.54) is 44.9 Å². The third-order valence-corrected chi connectivity index (χ3v) is 1.62. The Kier molecular flexibility index (Phi) is 101. The van der Waals surface area contributed by atoms with E-state index in [1.54, 1.807) is 6.08 Å². The van der Waals surface area contributed by atoms with Crippen molar-refractivity contribution in [1.82, 2.24) is 0 Å². The van der Waals surface area contributed by atoms with Gasteiger partial charge in [0.1, 0.15) is 0 Å². The van der Waals surface area contributed by atoms with E-state index in [9.17, 15) is 0 Å². The summed E-state index contributed by atoms with van der Waals surface area (Å²) in [6.45, 7) is 18.0. The van der Waals surface area contributed by atoms with Gasteiger partial charge in [-0.15, -0.1) is 19.4 Å². The molecule has 0 fully saturated rings. The number of terminal acetylenes is 1. The highest BCUT2D eigenvalue weighted by Crippen LogP contribution is 2.01. The first-order valence-electron chi connectivity index (χ1n) is 8.30. The van der Waals surface area contributed by atoms with Crippen molar-refractivity contribution in [3.05, 3.63) is 24.8 Å². The number of unbranched alkanes of at least 4 members (excludes halogenated alkanes) is 3. The predicted molar refractivity (Wildman–Crippen MR) is 101 cm³/mol. The van der Waals surface area contributed by atoms with E-state index in [4.69, 9.17) is 0 Å². The van der Waals surface area contributed by atoms with Gasteiger partial charge in [-0.2, -0.15) is 0 Å². The van der Waals surface area contributed by atoms with Gasteiger partial charge in [0.2, 0.25) is 0 Å². The first-order valence-corrected chi connectivity index (χ1v) is 8.30. The van der Waals surface area contributed by atoms with Gasteiger partial charge >= 0.3 is 0 Å². The van der Waals surface area contributed by atoms with Crippen molar-refractivity contribution in [2.45, 2.75) is 93.4 Å². The van der Waals surface area contributed by atoms with Crippen LogP contribution in [0.5, 0.6) is 0 Å². The van der Waals surface area contributed by atoms with Gasteiger partial charge < -0.3 is 0 Å². The fraction of sp³-hybridized carbons (Fsp3) is 0.700. The SMILES string of the molecule is C#C.C1=CCC1.C=CC.CC.CCC.CCCCCC. The molecule has 0 aromatic rings. The minimum absolute atomic E-state index is 1.25. The Morgan fingerprint density at radius 2 is 1.05 bits per heavy atom. The summed E-state index contributed by atoms with van der Waals surface area (Å²) in [6, 6.07) is 0. The molecule has 1 aliphatic carbocycles. The third-order valence-electron chi connectivity index (χ3n) is 1.62. The van der Waals surface area contributed by atoms with Gasteiger partial charge in [-0.1, -0.05) is 91.9 Å². The summed E-state index contributed by atoms with van der Waals surface area (Å²) in [5.41, 5.74) is 0. The van der Waals surface area contributed by atoms with Crippen LogP contribution in [0.2, 0.25) is 0 Å². The van der Waals surface area contributed by atoms with Crippen LogP contribution in [0.15, 0.2) is 24.8 Å². The Morgan fingerprint density at radius 1 is 0.900 bits per heavy atom. The number of rotatable bonds is 3. The summed E-state index contributed by atoms with van der Waals surface area (Å²) in [5, 5.41) is 0. The van der Waals surface area contributed by atoms with Crippen molar-refractivity contribution >= 4 is 0 Å². The van der Waals surface area contributed by atoms with Crippen LogP contribution in [0.1, 0.15) is 93.4 Å². The van der Waals surface area contributed by atoms with Crippen molar-refractivity contribution in [1.29, 1.82) is 0 Å². The molecule has 0 saturated carbocycles. The van der Waals surface area contributed by atoms with Crippen LogP contribution in [-0.4, -0.2) is 0 Å². The standard InChI is InChI=1S/C6H14.C4H6.C3H8.C3H6.C2H6.C2H2/c1-3-5-6-4-2;1-2-4-3-1;2*1-3-2;2*1-2/h3-6H2,1-2H3;1-2H,3-4H2;3H2,1-2H3;3H,1H2,2H3;1-2H3;1-2H. The number of allylic oxidation sites excluding steroid dienone is 3. The zero-order chi connectivity index (χ0) is 17.1. The van der Waals surface area contributed by atoms with Crippen LogP contribution >= 0.6 is 0 Å². The topological polar surface area (TPSA) is 0 Å². The van der Waals surface area contributed by atoms with Crippen molar-refractivity contribution in [3.8, 4) is 12.8 Å². The number of hydrogen-bond donors (Lipinski definition) is 0. The molecule has 0 spiro atoms. The Labute approximate surface area is 131 Å². The summed E-state index contributed by atoms with van der Waals surface area (Å²) in [6.07, 6.45) is 23.5. The Bertz CT molecular complexity index is 129. The van der Waals surface area contributed by atoms with Gasteiger partial charge in [0, 0.05) is 0 Å². The van der Waals surface area contributed by atoms with Gasteiger partial charge in [0.15, 0.2) is 0 Å². The Morgan fingerprint density at radius 3 is 1.10 bits per heavy atom. The molecule has 0 aromatic heterocycles. The zero-order valence-electron chi connectivity index (χ0n) is 15.5. The molecule has 0 heteroatoms. The van der Waals surface area contributed by atoms with Crippen LogP contribution in [0.4, 0.5) is 0 Å². The first-order chi connectivity index (χ1) is 9.74. The summed E-state index contributed by atoms with van der Waals surface area (Å²) < 4.78 is 0. The van der Waals surface area contributed by atoms with E-state index in [-0.39, 0.29) is 0 Å².